The summed E-state index contributed by atoms with van der Waals surface area (Å²) in [6.07, 6.45) is 4.71. The van der Waals surface area contributed by atoms with E-state index in [0.29, 0.717) is 0 Å². The van der Waals surface area contributed by atoms with Gasteiger partial charge in [0, 0.05) is 24.3 Å². The summed E-state index contributed by atoms with van der Waals surface area (Å²) in [4.78, 5) is 0. The molecule has 6 aromatic rings. The number of nitrogens with zero attached hydrogens (tertiary/aromatic N) is 2. The highest BCUT2D eigenvalue weighted by molar-refractivity contribution is 5.92. The lowest BCUT2D eigenvalue weighted by Gasteiger charge is -2.41. The number of pyridine rings is 2. The van der Waals surface area contributed by atoms with Gasteiger partial charge in [-0.3, -0.25) is 0 Å². The molecule has 0 N–H and O–H groups in total. The first-order valence-corrected chi connectivity index (χ1v) is 16.7. The normalized spacial score (nSPS) is 18.5. The van der Waals surface area contributed by atoms with E-state index >= 15 is 0 Å². The first-order chi connectivity index (χ1) is 22.1. The zero-order chi connectivity index (χ0) is 31.4. The predicted octanol–water partition coefficient (Wildman–Crippen LogP) is 8.79. The van der Waals surface area contributed by atoms with E-state index in [1.807, 2.05) is 0 Å². The van der Waals surface area contributed by atoms with Crippen LogP contribution in [0.4, 0.5) is 0 Å². The number of benzene rings is 4. The van der Waals surface area contributed by atoms with Crippen LogP contribution in [0.2, 0.25) is 0 Å². The summed E-state index contributed by atoms with van der Waals surface area (Å²) in [7, 11) is 0. The van der Waals surface area contributed by atoms with E-state index in [0.717, 1.165) is 0 Å². The number of rotatable bonds is 0. The topological polar surface area (TPSA) is 7.76 Å². The van der Waals surface area contributed by atoms with Crippen molar-refractivity contribution in [3.63, 3.8) is 0 Å². The monoisotopic (exact) mass is 594 g/mol. The first-order valence-electron chi connectivity index (χ1n) is 16.7. The third-order valence-electron chi connectivity index (χ3n) is 11.5. The molecule has 4 heterocycles. The number of aromatic nitrogens is 2. The van der Waals surface area contributed by atoms with Crippen molar-refractivity contribution in [2.75, 3.05) is 0 Å². The molecule has 1 atom stereocenters. The fourth-order valence-corrected chi connectivity index (χ4v) is 9.49. The molecule has 0 amide bonds. The number of fused-ring (bicyclic) bond motifs is 11. The third kappa shape index (κ3) is 2.79. The van der Waals surface area contributed by atoms with E-state index in [4.69, 9.17) is 0 Å². The van der Waals surface area contributed by atoms with Gasteiger partial charge in [0.25, 0.3) is 0 Å². The van der Waals surface area contributed by atoms with Crippen molar-refractivity contribution >= 4 is 0 Å². The molecule has 2 nitrogen and oxygen atoms in total. The van der Waals surface area contributed by atoms with Crippen molar-refractivity contribution in [2.45, 2.75) is 63.5 Å². The molecule has 2 aliphatic carbocycles. The summed E-state index contributed by atoms with van der Waals surface area (Å²) >= 11 is 0. The van der Waals surface area contributed by atoms with Crippen LogP contribution in [-0.2, 0) is 21.9 Å². The van der Waals surface area contributed by atoms with Gasteiger partial charge in [0.05, 0.1) is 16.5 Å². The number of hydrogen-bond donors (Lipinski definition) is 0. The van der Waals surface area contributed by atoms with Crippen LogP contribution in [0.3, 0.4) is 0 Å². The Balaban J connectivity index is 1.50. The van der Waals surface area contributed by atoms with E-state index in [1.54, 1.807) is 0 Å². The van der Waals surface area contributed by atoms with Gasteiger partial charge in [-0.25, -0.2) is 0 Å². The summed E-state index contributed by atoms with van der Waals surface area (Å²) in [6.45, 7) is 14.1. The summed E-state index contributed by atoms with van der Waals surface area (Å²) in [5.41, 5.74) is 18.2. The van der Waals surface area contributed by atoms with Gasteiger partial charge in [-0.1, -0.05) is 108 Å². The Morgan fingerprint density at radius 1 is 0.435 bits per heavy atom. The highest BCUT2D eigenvalue weighted by Crippen LogP contribution is 2.65. The summed E-state index contributed by atoms with van der Waals surface area (Å²) in [6, 6.07) is 42.2. The van der Waals surface area contributed by atoms with Crippen molar-refractivity contribution in [3.05, 3.63) is 166 Å². The van der Waals surface area contributed by atoms with Gasteiger partial charge in [-0.2, -0.15) is 0 Å². The maximum Gasteiger partial charge on any atom is 0.418 e. The van der Waals surface area contributed by atoms with Crippen LogP contribution in [-0.4, -0.2) is 0 Å². The second-order valence-corrected chi connectivity index (χ2v) is 15.8. The van der Waals surface area contributed by atoms with Crippen molar-refractivity contribution in [1.29, 1.82) is 0 Å². The van der Waals surface area contributed by atoms with Gasteiger partial charge >= 0.3 is 5.66 Å². The minimum Gasteiger partial charge on any atom is -0.126 e. The van der Waals surface area contributed by atoms with Crippen LogP contribution in [0.15, 0.2) is 122 Å². The fraction of sp³-hybridized carbons (Fsp3) is 0.227. The van der Waals surface area contributed by atoms with Gasteiger partial charge < -0.3 is 0 Å². The largest absolute Gasteiger partial charge is 0.418 e. The molecular formula is C44H38N2+2. The standard InChI is InChI=1S/C44H38N2/c1-41(2,3)27-21-23-46-38(26-27)32-24-28(42(4,5)6)25-36-40(32)44(46)39-31(37-20-11-12-22-45(37)44)16-13-19-35(39)43(36)33-17-9-7-14-29(33)30-15-8-10-18-34(30)43/h7-26H,1-6H3/q+2. The van der Waals surface area contributed by atoms with E-state index in [-0.39, 0.29) is 10.8 Å². The molecule has 0 saturated heterocycles. The Labute approximate surface area is 271 Å². The van der Waals surface area contributed by atoms with Crippen LogP contribution >= 0.6 is 0 Å². The van der Waals surface area contributed by atoms with Crippen molar-refractivity contribution in [2.24, 2.45) is 0 Å². The van der Waals surface area contributed by atoms with Gasteiger partial charge in [0.1, 0.15) is 11.1 Å². The van der Waals surface area contributed by atoms with E-state index in [1.165, 1.54) is 78.1 Å². The molecule has 2 spiro atoms. The quantitative estimate of drug-likeness (QED) is 0.155. The van der Waals surface area contributed by atoms with E-state index in [9.17, 15) is 0 Å². The Bertz CT molecular complexity index is 2300. The predicted molar refractivity (Wildman–Crippen MR) is 184 cm³/mol. The van der Waals surface area contributed by atoms with Crippen LogP contribution in [0, 0.1) is 0 Å². The van der Waals surface area contributed by atoms with Gasteiger partial charge in [-0.05, 0) is 73.5 Å². The lowest BCUT2D eigenvalue weighted by molar-refractivity contribution is -0.955. The zero-order valence-corrected chi connectivity index (χ0v) is 27.4. The molecule has 2 heteroatoms. The lowest BCUT2D eigenvalue weighted by atomic mass is 9.58. The molecular weight excluding hydrogens is 556 g/mol. The summed E-state index contributed by atoms with van der Waals surface area (Å²) in [5, 5.41) is 0. The minimum atomic E-state index is -0.521. The maximum atomic E-state index is 2.61. The van der Waals surface area contributed by atoms with Gasteiger partial charge in [0.15, 0.2) is 12.4 Å². The molecule has 0 radical (unpaired) electrons. The summed E-state index contributed by atoms with van der Waals surface area (Å²) in [5.74, 6) is 0. The molecule has 4 aromatic carbocycles. The zero-order valence-electron chi connectivity index (χ0n) is 27.4. The Hall–Kier alpha value is -4.82. The third-order valence-corrected chi connectivity index (χ3v) is 11.5. The molecule has 46 heavy (non-hydrogen) atoms. The maximum absolute atomic E-state index is 2.61. The average Bonchev–Trinajstić information content (AvgIpc) is 3.63. The summed E-state index contributed by atoms with van der Waals surface area (Å²) < 4.78 is 5.19. The average molecular weight is 595 g/mol. The molecule has 0 saturated carbocycles. The van der Waals surface area contributed by atoms with Crippen molar-refractivity contribution < 1.29 is 9.13 Å². The molecule has 2 aromatic heterocycles. The van der Waals surface area contributed by atoms with E-state index < -0.39 is 11.1 Å². The second kappa shape index (κ2) is 8.12. The lowest BCUT2D eigenvalue weighted by Crippen LogP contribution is -2.73. The van der Waals surface area contributed by atoms with Crippen LogP contribution in [0.1, 0.15) is 86.1 Å². The molecule has 10 rings (SSSR count). The van der Waals surface area contributed by atoms with Gasteiger partial charge in [0.2, 0.25) is 11.4 Å². The molecule has 1 unspecified atom stereocenters. The number of hydrogen-bond acceptors (Lipinski definition) is 0. The Morgan fingerprint density at radius 2 is 1.02 bits per heavy atom. The second-order valence-electron chi connectivity index (χ2n) is 15.8. The van der Waals surface area contributed by atoms with Crippen molar-refractivity contribution in [3.8, 4) is 33.6 Å². The van der Waals surface area contributed by atoms with Crippen LogP contribution < -0.4 is 9.13 Å². The SMILES string of the molecule is CC(C)(C)c1cc2c3c(c1)C1(c4ccccc4-c4ccccc41)c1cccc4c1C3([n+]1ccccc1-4)[n+]1ccc(C(C)(C)C)cc1-2. The molecule has 222 valence electrons. The molecule has 0 bridgehead atoms. The first kappa shape index (κ1) is 26.4. The highest BCUT2D eigenvalue weighted by Gasteiger charge is 2.73. The highest BCUT2D eigenvalue weighted by atomic mass is 15.3. The molecule has 4 aliphatic rings. The van der Waals surface area contributed by atoms with Crippen molar-refractivity contribution in [1.82, 2.24) is 0 Å². The molecule has 2 aliphatic heterocycles. The Kier molecular flexibility index (Phi) is 4.66. The Morgan fingerprint density at radius 3 is 1.72 bits per heavy atom. The van der Waals surface area contributed by atoms with E-state index in [2.05, 4.69) is 172 Å². The van der Waals surface area contributed by atoms with Crippen LogP contribution in [0.5, 0.6) is 0 Å². The van der Waals surface area contributed by atoms with Gasteiger partial charge in [-0.15, -0.1) is 9.13 Å². The van der Waals surface area contributed by atoms with Crippen LogP contribution in [0.25, 0.3) is 33.6 Å². The fourth-order valence-electron chi connectivity index (χ4n) is 9.49. The molecule has 0 fully saturated rings. The minimum absolute atomic E-state index is 0.0322. The smallest absolute Gasteiger partial charge is 0.126 e.